The van der Waals surface area contributed by atoms with Crippen LogP contribution in [0.1, 0.15) is 29.6 Å². The van der Waals surface area contributed by atoms with Gasteiger partial charge in [0.1, 0.15) is 0 Å². The van der Waals surface area contributed by atoms with E-state index in [0.29, 0.717) is 7.35 Å². The normalized spacial score (nSPS) is 21.4. The van der Waals surface area contributed by atoms with Gasteiger partial charge in [0.25, 0.3) is 0 Å². The quantitative estimate of drug-likeness (QED) is 0.523. The number of hydrogen-bond donors (Lipinski definition) is 0. The maximum absolute atomic E-state index is 2.63. The Morgan fingerprint density at radius 2 is 1.09 bits per heavy atom. The van der Waals surface area contributed by atoms with Gasteiger partial charge in [0.15, 0.2) is 0 Å². The Labute approximate surface area is 148 Å². The van der Waals surface area contributed by atoms with E-state index in [2.05, 4.69) is 82.2 Å². The molecule has 0 saturated heterocycles. The monoisotopic (exact) mass is 518 g/mol. The van der Waals surface area contributed by atoms with Crippen molar-refractivity contribution in [3.05, 3.63) is 82.9 Å². The second-order valence-corrected chi connectivity index (χ2v) is 24.3. The summed E-state index contributed by atoms with van der Waals surface area (Å²) in [6, 6.07) is 17.9. The van der Waals surface area contributed by atoms with Gasteiger partial charge >= 0.3 is 149 Å². The topological polar surface area (TPSA) is 0 Å². The average Bonchev–Trinajstić information content (AvgIpc) is 3.12. The molecule has 0 bridgehead atoms. The van der Waals surface area contributed by atoms with E-state index in [4.69, 9.17) is 0 Å². The standard InChI is InChI=1S/2C9H7.2CH3.GeH4.Hf/c2*1-2-5-9-7-3-6-8(9)4-1;;;;/h2*1-7H;2*1H3;1H4;. The first-order chi connectivity index (χ1) is 10.2. The van der Waals surface area contributed by atoms with Crippen molar-refractivity contribution in [1.82, 2.24) is 0 Å². The molecule has 0 nitrogen and oxygen atoms in total. The van der Waals surface area contributed by atoms with E-state index in [0.717, 1.165) is 0 Å². The van der Waals surface area contributed by atoms with Crippen LogP contribution in [0, 0.1) is 0 Å². The van der Waals surface area contributed by atoms with Gasteiger partial charge in [0, 0.05) is 0 Å². The molecule has 0 heterocycles. The second kappa shape index (κ2) is 6.09. The van der Waals surface area contributed by atoms with Gasteiger partial charge in [-0.15, -0.1) is 0 Å². The van der Waals surface area contributed by atoms with Gasteiger partial charge in [0.05, 0.1) is 0 Å². The molecule has 0 spiro atoms. The molecule has 2 aromatic carbocycles. The summed E-state index contributed by atoms with van der Waals surface area (Å²) >= 11 is -2.52. The summed E-state index contributed by atoms with van der Waals surface area (Å²) in [7, 11) is 0. The van der Waals surface area contributed by atoms with Crippen LogP contribution in [0.15, 0.2) is 60.7 Å². The van der Waals surface area contributed by atoms with E-state index in [9.17, 15) is 0 Å². The van der Waals surface area contributed by atoms with E-state index in [-0.39, 0.29) is 17.6 Å². The van der Waals surface area contributed by atoms with E-state index in [1.807, 2.05) is 0 Å². The van der Waals surface area contributed by atoms with Crippen LogP contribution in [0.3, 0.4) is 0 Å². The Morgan fingerprint density at radius 3 is 1.55 bits per heavy atom. The Balaban J connectivity index is 0.00000144. The molecule has 0 radical (unpaired) electrons. The Morgan fingerprint density at radius 1 is 0.682 bits per heavy atom. The number of fused-ring (bicyclic) bond motifs is 2. The first-order valence-electron chi connectivity index (χ1n) is 7.72. The molecular formula is C20H24GeHf. The van der Waals surface area contributed by atoms with Crippen molar-refractivity contribution in [2.75, 3.05) is 0 Å². The summed E-state index contributed by atoms with van der Waals surface area (Å²) in [6.07, 6.45) is 9.65. The third kappa shape index (κ3) is 2.47. The Hall–Kier alpha value is -0.667. The van der Waals surface area contributed by atoms with Crippen molar-refractivity contribution < 1.29 is 20.0 Å². The van der Waals surface area contributed by atoms with Crippen LogP contribution in [-0.2, 0) is 20.0 Å². The number of rotatable bonds is 2. The zero-order valence-electron chi connectivity index (χ0n) is 12.6. The van der Waals surface area contributed by atoms with Gasteiger partial charge in [-0.3, -0.25) is 0 Å². The fourth-order valence-electron chi connectivity index (χ4n) is 3.99. The van der Waals surface area contributed by atoms with Crippen LogP contribution in [0.5, 0.6) is 0 Å². The molecule has 2 heteroatoms. The van der Waals surface area contributed by atoms with Crippen molar-refractivity contribution in [1.29, 1.82) is 0 Å². The number of hydrogen-bond acceptors (Lipinski definition) is 0. The van der Waals surface area contributed by atoms with Gasteiger partial charge in [0.2, 0.25) is 0 Å². The molecule has 2 aromatic rings. The van der Waals surface area contributed by atoms with Gasteiger partial charge in [-0.05, 0) is 0 Å². The molecule has 112 valence electrons. The molecule has 0 saturated carbocycles. The Bertz CT molecular complexity index is 694. The van der Waals surface area contributed by atoms with Crippen LogP contribution < -0.4 is 0 Å². The predicted octanol–water partition coefficient (Wildman–Crippen LogP) is 4.32. The SMILES string of the molecule is [CH3][Hf]([CH3])([CH]1C=Cc2ccccc21)[CH]1C=Cc2ccccc21.[GeH4]. The predicted molar refractivity (Wildman–Crippen MR) is 99.5 cm³/mol. The van der Waals surface area contributed by atoms with Crippen LogP contribution in [0.2, 0.25) is 9.36 Å². The summed E-state index contributed by atoms with van der Waals surface area (Å²) in [5.41, 5.74) is 6.01. The third-order valence-electron chi connectivity index (χ3n) is 5.20. The minimum absolute atomic E-state index is 0. The molecule has 0 amide bonds. The third-order valence-corrected chi connectivity index (χ3v) is 20.3. The first-order valence-corrected chi connectivity index (χ1v) is 19.1. The summed E-state index contributed by atoms with van der Waals surface area (Å²) in [5.74, 6) is 0. The summed E-state index contributed by atoms with van der Waals surface area (Å²) in [4.78, 5) is 0. The van der Waals surface area contributed by atoms with Gasteiger partial charge in [-0.1, -0.05) is 0 Å². The number of allylic oxidation sites excluding steroid dienone is 2. The molecule has 22 heavy (non-hydrogen) atoms. The van der Waals surface area contributed by atoms with E-state index in [1.54, 1.807) is 11.1 Å². The summed E-state index contributed by atoms with van der Waals surface area (Å²) < 4.78 is 6.66. The van der Waals surface area contributed by atoms with Crippen molar-refractivity contribution in [2.45, 2.75) is 16.7 Å². The second-order valence-electron chi connectivity index (χ2n) is 6.75. The molecule has 0 fully saturated rings. The van der Waals surface area contributed by atoms with E-state index >= 15 is 0 Å². The molecule has 2 aliphatic carbocycles. The number of benzene rings is 2. The van der Waals surface area contributed by atoms with E-state index in [1.165, 1.54) is 11.1 Å². The molecule has 2 atom stereocenters. The molecule has 0 aromatic heterocycles. The molecular weight excluding hydrogens is 491 g/mol. The zero-order chi connectivity index (χ0) is 14.4. The average molecular weight is 516 g/mol. The van der Waals surface area contributed by atoms with Crippen molar-refractivity contribution in [2.24, 2.45) is 0 Å². The van der Waals surface area contributed by atoms with E-state index < -0.39 is 20.0 Å². The van der Waals surface area contributed by atoms with Crippen LogP contribution >= 0.6 is 0 Å². The van der Waals surface area contributed by atoms with Crippen LogP contribution in [0.4, 0.5) is 0 Å². The molecule has 2 aliphatic rings. The van der Waals surface area contributed by atoms with Crippen LogP contribution in [-0.4, -0.2) is 17.6 Å². The fourth-order valence-corrected chi connectivity index (χ4v) is 17.3. The summed E-state index contributed by atoms with van der Waals surface area (Å²) in [5, 5.41) is 0. The van der Waals surface area contributed by atoms with Crippen molar-refractivity contribution >= 4 is 29.7 Å². The zero-order valence-corrected chi connectivity index (χ0v) is 16.2. The molecule has 0 N–H and O–H groups in total. The van der Waals surface area contributed by atoms with Gasteiger partial charge in [-0.2, -0.15) is 0 Å². The fraction of sp³-hybridized carbons (Fsp3) is 0.200. The molecule has 4 rings (SSSR count). The van der Waals surface area contributed by atoms with Crippen LogP contribution in [0.25, 0.3) is 12.2 Å². The maximum atomic E-state index is 2.63. The Kier molecular flexibility index (Phi) is 4.48. The van der Waals surface area contributed by atoms with Crippen molar-refractivity contribution in [3.63, 3.8) is 0 Å². The summed E-state index contributed by atoms with van der Waals surface area (Å²) in [6.45, 7) is 0. The molecule has 0 aliphatic heterocycles. The van der Waals surface area contributed by atoms with Crippen molar-refractivity contribution in [3.8, 4) is 0 Å². The first kappa shape index (κ1) is 16.2. The van der Waals surface area contributed by atoms with Gasteiger partial charge < -0.3 is 0 Å². The molecule has 2 unspecified atom stereocenters. The minimum atomic E-state index is -2.52. The van der Waals surface area contributed by atoms with Gasteiger partial charge in [-0.25, -0.2) is 0 Å².